The van der Waals surface area contributed by atoms with Crippen molar-refractivity contribution in [3.05, 3.63) is 65.2 Å². The Morgan fingerprint density at radius 3 is 2.33 bits per heavy atom. The third kappa shape index (κ3) is 3.29. The second-order valence-corrected chi connectivity index (χ2v) is 6.12. The lowest BCUT2D eigenvalue weighted by molar-refractivity contribution is 0.000150. The fourth-order valence-corrected chi connectivity index (χ4v) is 3.27. The van der Waals surface area contributed by atoms with E-state index in [1.165, 1.54) is 11.1 Å². The van der Waals surface area contributed by atoms with E-state index in [1.54, 1.807) is 13.2 Å². The van der Waals surface area contributed by atoms with Gasteiger partial charge in [-0.25, -0.2) is 0 Å². The van der Waals surface area contributed by atoms with Gasteiger partial charge in [0.1, 0.15) is 5.75 Å². The lowest BCUT2D eigenvalue weighted by Gasteiger charge is -2.28. The fourth-order valence-electron chi connectivity index (χ4n) is 3.27. The van der Waals surface area contributed by atoms with Crippen LogP contribution < -0.4 is 10.1 Å². The summed E-state index contributed by atoms with van der Waals surface area (Å²) in [6.07, 6.45) is 1.63. The van der Waals surface area contributed by atoms with E-state index in [4.69, 9.17) is 9.47 Å². The van der Waals surface area contributed by atoms with Crippen molar-refractivity contribution in [1.29, 1.82) is 0 Å². The molecule has 1 aliphatic carbocycles. The number of para-hydroxylation sites is 1. The average Bonchev–Trinajstić information content (AvgIpc) is 3.00. The normalized spacial score (nSPS) is 14.9. The molecule has 0 unspecified atom stereocenters. The van der Waals surface area contributed by atoms with Gasteiger partial charge in [-0.1, -0.05) is 36.4 Å². The van der Waals surface area contributed by atoms with Gasteiger partial charge in [-0.05, 0) is 30.2 Å². The topological polar surface area (TPSA) is 47.6 Å². The van der Waals surface area contributed by atoms with Crippen molar-refractivity contribution >= 4 is 5.91 Å². The SMILES string of the molecule is CCOc1ccccc1C(=O)NCC1(OC)Cc2ccccc2C1. The molecule has 0 radical (unpaired) electrons. The maximum absolute atomic E-state index is 12.6. The van der Waals surface area contributed by atoms with E-state index in [2.05, 4.69) is 17.4 Å². The van der Waals surface area contributed by atoms with Crippen LogP contribution >= 0.6 is 0 Å². The third-order valence-electron chi connectivity index (χ3n) is 4.58. The van der Waals surface area contributed by atoms with Crippen LogP contribution in [0.3, 0.4) is 0 Å². The van der Waals surface area contributed by atoms with Crippen LogP contribution in [0.15, 0.2) is 48.5 Å². The molecule has 1 N–H and O–H groups in total. The van der Waals surface area contributed by atoms with Crippen molar-refractivity contribution in [1.82, 2.24) is 5.32 Å². The van der Waals surface area contributed by atoms with Crippen LogP contribution in [0.5, 0.6) is 5.75 Å². The Bertz CT molecular complexity index is 701. The molecular weight excluding hydrogens is 302 g/mol. The molecule has 0 spiro atoms. The number of nitrogens with one attached hydrogen (secondary N) is 1. The minimum absolute atomic E-state index is 0.133. The van der Waals surface area contributed by atoms with Gasteiger partial charge in [-0.2, -0.15) is 0 Å². The van der Waals surface area contributed by atoms with Crippen LogP contribution in [0.1, 0.15) is 28.4 Å². The highest BCUT2D eigenvalue weighted by Gasteiger charge is 2.37. The van der Waals surface area contributed by atoms with Crippen LogP contribution in [0.4, 0.5) is 0 Å². The molecular formula is C20H23NO3. The third-order valence-corrected chi connectivity index (χ3v) is 4.58. The molecule has 2 aromatic rings. The van der Waals surface area contributed by atoms with E-state index in [1.807, 2.05) is 37.3 Å². The minimum atomic E-state index is -0.375. The van der Waals surface area contributed by atoms with Crippen LogP contribution in [0.2, 0.25) is 0 Å². The van der Waals surface area contributed by atoms with Gasteiger partial charge in [0.05, 0.1) is 17.8 Å². The summed E-state index contributed by atoms with van der Waals surface area (Å²) in [6, 6.07) is 15.6. The largest absolute Gasteiger partial charge is 0.493 e. The Labute approximate surface area is 142 Å². The van der Waals surface area contributed by atoms with Gasteiger partial charge in [0, 0.05) is 26.5 Å². The van der Waals surface area contributed by atoms with Crippen molar-refractivity contribution in [2.75, 3.05) is 20.3 Å². The van der Waals surface area contributed by atoms with Crippen molar-refractivity contribution in [2.45, 2.75) is 25.4 Å². The van der Waals surface area contributed by atoms with Gasteiger partial charge in [-0.3, -0.25) is 4.79 Å². The number of hydrogen-bond donors (Lipinski definition) is 1. The first kappa shape index (κ1) is 16.5. The molecule has 3 rings (SSSR count). The zero-order valence-corrected chi connectivity index (χ0v) is 14.2. The fraction of sp³-hybridized carbons (Fsp3) is 0.350. The van der Waals surface area contributed by atoms with E-state index < -0.39 is 0 Å². The molecule has 2 aromatic carbocycles. The Morgan fingerprint density at radius 2 is 1.71 bits per heavy atom. The first-order valence-electron chi connectivity index (χ1n) is 8.29. The monoisotopic (exact) mass is 325 g/mol. The minimum Gasteiger partial charge on any atom is -0.493 e. The molecule has 0 saturated heterocycles. The molecule has 0 bridgehead atoms. The quantitative estimate of drug-likeness (QED) is 0.888. The molecule has 4 heteroatoms. The summed E-state index contributed by atoms with van der Waals surface area (Å²) < 4.78 is 11.3. The number of fused-ring (bicyclic) bond motifs is 1. The highest BCUT2D eigenvalue weighted by Crippen LogP contribution is 2.32. The van der Waals surface area contributed by atoms with Crippen molar-refractivity contribution < 1.29 is 14.3 Å². The van der Waals surface area contributed by atoms with Crippen molar-refractivity contribution in [3.63, 3.8) is 0 Å². The smallest absolute Gasteiger partial charge is 0.255 e. The van der Waals surface area contributed by atoms with E-state index in [9.17, 15) is 4.79 Å². The van der Waals surface area contributed by atoms with E-state index in [0.29, 0.717) is 24.5 Å². The number of ether oxygens (including phenoxy) is 2. The number of benzene rings is 2. The lowest BCUT2D eigenvalue weighted by Crippen LogP contribution is -2.45. The number of rotatable bonds is 6. The maximum atomic E-state index is 12.6. The summed E-state index contributed by atoms with van der Waals surface area (Å²) in [5, 5.41) is 3.02. The van der Waals surface area contributed by atoms with Gasteiger partial charge in [0.15, 0.2) is 0 Å². The summed E-state index contributed by atoms with van der Waals surface area (Å²) in [6.45, 7) is 2.91. The zero-order chi connectivity index (χ0) is 17.0. The van der Waals surface area contributed by atoms with Gasteiger partial charge in [0.25, 0.3) is 5.91 Å². The first-order valence-corrected chi connectivity index (χ1v) is 8.29. The van der Waals surface area contributed by atoms with E-state index in [-0.39, 0.29) is 11.5 Å². The molecule has 1 aliphatic rings. The highest BCUT2D eigenvalue weighted by atomic mass is 16.5. The summed E-state index contributed by atoms with van der Waals surface area (Å²) in [4.78, 5) is 12.6. The Morgan fingerprint density at radius 1 is 1.08 bits per heavy atom. The molecule has 0 aromatic heterocycles. The van der Waals surface area contributed by atoms with Gasteiger partial charge in [-0.15, -0.1) is 0 Å². The van der Waals surface area contributed by atoms with Gasteiger partial charge in [0.2, 0.25) is 0 Å². The summed E-state index contributed by atoms with van der Waals surface area (Å²) in [7, 11) is 1.71. The molecule has 0 saturated carbocycles. The maximum Gasteiger partial charge on any atom is 0.255 e. The summed E-state index contributed by atoms with van der Waals surface area (Å²) in [5.74, 6) is 0.477. The standard InChI is InChI=1S/C20H23NO3/c1-3-24-18-11-7-6-10-17(18)19(22)21-14-20(23-2)12-15-8-4-5-9-16(15)13-20/h4-11H,3,12-14H2,1-2H3,(H,21,22). The number of hydrogen-bond acceptors (Lipinski definition) is 3. The van der Waals surface area contributed by atoms with E-state index >= 15 is 0 Å². The van der Waals surface area contributed by atoms with Crippen LogP contribution in [-0.2, 0) is 17.6 Å². The lowest BCUT2D eigenvalue weighted by atomic mass is 10.00. The average molecular weight is 325 g/mol. The summed E-state index contributed by atoms with van der Waals surface area (Å²) in [5.41, 5.74) is 2.77. The Balaban J connectivity index is 1.70. The van der Waals surface area contributed by atoms with Gasteiger partial charge >= 0.3 is 0 Å². The number of amides is 1. The van der Waals surface area contributed by atoms with Gasteiger partial charge < -0.3 is 14.8 Å². The Kier molecular flexibility index (Phi) is 4.86. The predicted octanol–water partition coefficient (Wildman–Crippen LogP) is 3.00. The molecule has 0 atom stereocenters. The second-order valence-electron chi connectivity index (χ2n) is 6.12. The number of methoxy groups -OCH3 is 1. The van der Waals surface area contributed by atoms with Crippen LogP contribution in [0, 0.1) is 0 Å². The van der Waals surface area contributed by atoms with Crippen LogP contribution in [0.25, 0.3) is 0 Å². The molecule has 126 valence electrons. The summed E-state index contributed by atoms with van der Waals surface area (Å²) >= 11 is 0. The molecule has 0 fully saturated rings. The highest BCUT2D eigenvalue weighted by molar-refractivity contribution is 5.96. The molecule has 4 nitrogen and oxygen atoms in total. The van der Waals surface area contributed by atoms with E-state index in [0.717, 1.165) is 12.8 Å². The molecule has 1 amide bonds. The second kappa shape index (κ2) is 7.05. The molecule has 24 heavy (non-hydrogen) atoms. The van der Waals surface area contributed by atoms with Crippen molar-refractivity contribution in [2.24, 2.45) is 0 Å². The van der Waals surface area contributed by atoms with Crippen LogP contribution in [-0.4, -0.2) is 31.8 Å². The molecule has 0 aliphatic heterocycles. The number of carbonyl (C=O) groups excluding carboxylic acids is 1. The molecule has 0 heterocycles. The Hall–Kier alpha value is -2.33. The zero-order valence-electron chi connectivity index (χ0n) is 14.2. The first-order chi connectivity index (χ1) is 11.7. The predicted molar refractivity (Wildman–Crippen MR) is 93.5 cm³/mol. The van der Waals surface area contributed by atoms with Crippen molar-refractivity contribution in [3.8, 4) is 5.75 Å². The number of carbonyl (C=O) groups is 1.